The number of amides is 1. The van der Waals surface area contributed by atoms with E-state index in [2.05, 4.69) is 5.32 Å². The van der Waals surface area contributed by atoms with Gasteiger partial charge in [0.25, 0.3) is 0 Å². The van der Waals surface area contributed by atoms with Crippen molar-refractivity contribution in [1.29, 1.82) is 0 Å². The van der Waals surface area contributed by atoms with Crippen molar-refractivity contribution in [2.24, 2.45) is 0 Å². The zero-order valence-electron chi connectivity index (χ0n) is 11.6. The third kappa shape index (κ3) is 5.34. The standard InChI is InChI=1S/C14H17F2NO3/c1-14(2,3)20-13(19)17-7-10(8-18)9-4-11(15)6-12(16)5-9/h4-6,8,10H,7H2,1-3H3,(H,17,19). The number of benzene rings is 1. The summed E-state index contributed by atoms with van der Waals surface area (Å²) in [6.45, 7) is 5.00. The van der Waals surface area contributed by atoms with Crippen LogP contribution in [0.5, 0.6) is 0 Å². The normalized spacial score (nSPS) is 12.7. The molecule has 0 aliphatic heterocycles. The molecule has 0 saturated carbocycles. The van der Waals surface area contributed by atoms with E-state index in [1.54, 1.807) is 20.8 Å². The SMILES string of the molecule is CC(C)(C)OC(=O)NCC(C=O)c1cc(F)cc(F)c1. The molecular formula is C14H17F2NO3. The molecule has 1 rings (SSSR count). The van der Waals surface area contributed by atoms with E-state index in [1.807, 2.05) is 0 Å². The Labute approximate surface area is 116 Å². The molecule has 0 bridgehead atoms. The van der Waals surface area contributed by atoms with Crippen LogP contribution in [0.15, 0.2) is 18.2 Å². The second kappa shape index (κ2) is 6.45. The van der Waals surface area contributed by atoms with Gasteiger partial charge in [0, 0.05) is 12.6 Å². The summed E-state index contributed by atoms with van der Waals surface area (Å²) < 4.78 is 31.2. The van der Waals surface area contributed by atoms with Crippen LogP contribution in [0, 0.1) is 11.6 Å². The minimum Gasteiger partial charge on any atom is -0.444 e. The van der Waals surface area contributed by atoms with Gasteiger partial charge in [0.2, 0.25) is 0 Å². The van der Waals surface area contributed by atoms with Crippen molar-refractivity contribution in [2.75, 3.05) is 6.54 Å². The highest BCUT2D eigenvalue weighted by atomic mass is 19.1. The van der Waals surface area contributed by atoms with Crippen molar-refractivity contribution in [2.45, 2.75) is 32.3 Å². The lowest BCUT2D eigenvalue weighted by Gasteiger charge is -2.20. The van der Waals surface area contributed by atoms with Crippen molar-refractivity contribution in [1.82, 2.24) is 5.32 Å². The fraction of sp³-hybridized carbons (Fsp3) is 0.429. The molecule has 110 valence electrons. The summed E-state index contributed by atoms with van der Waals surface area (Å²) in [4.78, 5) is 22.4. The third-order valence-electron chi connectivity index (χ3n) is 2.34. The monoisotopic (exact) mass is 285 g/mol. The fourth-order valence-corrected chi connectivity index (χ4v) is 1.54. The smallest absolute Gasteiger partial charge is 0.407 e. The molecule has 20 heavy (non-hydrogen) atoms. The largest absolute Gasteiger partial charge is 0.444 e. The first-order valence-corrected chi connectivity index (χ1v) is 6.09. The van der Waals surface area contributed by atoms with E-state index in [0.717, 1.165) is 12.1 Å². The van der Waals surface area contributed by atoms with E-state index in [-0.39, 0.29) is 12.1 Å². The summed E-state index contributed by atoms with van der Waals surface area (Å²) in [6.07, 6.45) is -0.174. The second-order valence-corrected chi connectivity index (χ2v) is 5.33. The van der Waals surface area contributed by atoms with Gasteiger partial charge < -0.3 is 14.8 Å². The van der Waals surface area contributed by atoms with E-state index < -0.39 is 29.2 Å². The Balaban J connectivity index is 2.68. The first-order valence-electron chi connectivity index (χ1n) is 6.09. The molecule has 6 heteroatoms. The number of alkyl carbamates (subject to hydrolysis) is 1. The van der Waals surface area contributed by atoms with E-state index in [4.69, 9.17) is 4.74 Å². The molecule has 0 radical (unpaired) electrons. The number of nitrogens with one attached hydrogen (secondary N) is 1. The maximum atomic E-state index is 13.1. The second-order valence-electron chi connectivity index (χ2n) is 5.33. The number of hydrogen-bond donors (Lipinski definition) is 1. The van der Waals surface area contributed by atoms with E-state index in [9.17, 15) is 18.4 Å². The molecular weight excluding hydrogens is 268 g/mol. The average molecular weight is 285 g/mol. The highest BCUT2D eigenvalue weighted by Gasteiger charge is 2.18. The van der Waals surface area contributed by atoms with Crippen LogP contribution in [0.1, 0.15) is 32.3 Å². The lowest BCUT2D eigenvalue weighted by Crippen LogP contribution is -2.35. The molecule has 0 aromatic heterocycles. The zero-order valence-corrected chi connectivity index (χ0v) is 11.6. The number of carbonyl (C=O) groups excluding carboxylic acids is 2. The van der Waals surface area contributed by atoms with E-state index >= 15 is 0 Å². The van der Waals surface area contributed by atoms with Gasteiger partial charge in [-0.25, -0.2) is 13.6 Å². The number of hydrogen-bond acceptors (Lipinski definition) is 3. The van der Waals surface area contributed by atoms with E-state index in [0.29, 0.717) is 12.4 Å². The quantitative estimate of drug-likeness (QED) is 0.865. The number of ether oxygens (including phenoxy) is 1. The highest BCUT2D eigenvalue weighted by Crippen LogP contribution is 2.16. The Hall–Kier alpha value is -1.98. The van der Waals surface area contributed by atoms with Crippen molar-refractivity contribution < 1.29 is 23.1 Å². The Morgan fingerprint density at radius 2 is 1.85 bits per heavy atom. The van der Waals surface area contributed by atoms with Gasteiger partial charge in [-0.1, -0.05) is 0 Å². The average Bonchev–Trinajstić information content (AvgIpc) is 2.25. The van der Waals surface area contributed by atoms with E-state index in [1.165, 1.54) is 0 Å². The molecule has 0 fully saturated rings. The lowest BCUT2D eigenvalue weighted by molar-refractivity contribution is -0.109. The van der Waals surface area contributed by atoms with Gasteiger partial charge in [0.15, 0.2) is 0 Å². The van der Waals surface area contributed by atoms with Gasteiger partial charge >= 0.3 is 6.09 Å². The highest BCUT2D eigenvalue weighted by molar-refractivity contribution is 5.69. The van der Waals surface area contributed by atoms with Gasteiger partial charge in [-0.05, 0) is 38.5 Å². The molecule has 1 unspecified atom stereocenters. The third-order valence-corrected chi connectivity index (χ3v) is 2.34. The van der Waals surface area contributed by atoms with Gasteiger partial charge in [0.1, 0.15) is 23.5 Å². The maximum absolute atomic E-state index is 13.1. The summed E-state index contributed by atoms with van der Waals surface area (Å²) in [5, 5.41) is 2.39. The van der Waals surface area contributed by atoms with Gasteiger partial charge in [-0.3, -0.25) is 0 Å². The fourth-order valence-electron chi connectivity index (χ4n) is 1.54. The zero-order chi connectivity index (χ0) is 15.3. The molecule has 1 aromatic carbocycles. The molecule has 1 aromatic rings. The Morgan fingerprint density at radius 1 is 1.30 bits per heavy atom. The molecule has 0 saturated heterocycles. The maximum Gasteiger partial charge on any atom is 0.407 e. The van der Waals surface area contributed by atoms with Crippen LogP contribution in [0.25, 0.3) is 0 Å². The summed E-state index contributed by atoms with van der Waals surface area (Å²) in [5.41, 5.74) is -0.500. The molecule has 0 heterocycles. The molecule has 1 amide bonds. The van der Waals surface area contributed by atoms with Crippen molar-refractivity contribution in [3.63, 3.8) is 0 Å². The molecule has 1 N–H and O–H groups in total. The minimum atomic E-state index is -0.840. The van der Waals surface area contributed by atoms with Crippen molar-refractivity contribution >= 4 is 12.4 Å². The minimum absolute atomic E-state index is 0.0959. The summed E-state index contributed by atoms with van der Waals surface area (Å²) >= 11 is 0. The molecule has 0 spiro atoms. The Morgan fingerprint density at radius 3 is 2.30 bits per heavy atom. The number of halogens is 2. The Bertz CT molecular complexity index is 477. The van der Waals surface area contributed by atoms with Crippen LogP contribution in [-0.2, 0) is 9.53 Å². The topological polar surface area (TPSA) is 55.4 Å². The first kappa shape index (κ1) is 16.1. The van der Waals surface area contributed by atoms with Crippen LogP contribution >= 0.6 is 0 Å². The number of carbonyl (C=O) groups is 2. The first-order chi connectivity index (χ1) is 9.21. The van der Waals surface area contributed by atoms with Crippen molar-refractivity contribution in [3.8, 4) is 0 Å². The summed E-state index contributed by atoms with van der Waals surface area (Å²) in [7, 11) is 0. The number of aldehydes is 1. The predicted molar refractivity (Wildman–Crippen MR) is 69.4 cm³/mol. The van der Waals surface area contributed by atoms with Crippen LogP contribution in [0.3, 0.4) is 0 Å². The lowest BCUT2D eigenvalue weighted by atomic mass is 10.0. The predicted octanol–water partition coefficient (Wildman–Crippen LogP) is 2.77. The van der Waals surface area contributed by atoms with Gasteiger partial charge in [-0.15, -0.1) is 0 Å². The van der Waals surface area contributed by atoms with Crippen LogP contribution in [-0.4, -0.2) is 24.5 Å². The number of rotatable bonds is 4. The van der Waals surface area contributed by atoms with Gasteiger partial charge in [-0.2, -0.15) is 0 Å². The Kier molecular flexibility index (Phi) is 5.19. The molecule has 0 aliphatic rings. The molecule has 1 atom stereocenters. The van der Waals surface area contributed by atoms with Crippen LogP contribution in [0.2, 0.25) is 0 Å². The van der Waals surface area contributed by atoms with Crippen LogP contribution in [0.4, 0.5) is 13.6 Å². The van der Waals surface area contributed by atoms with Crippen molar-refractivity contribution in [3.05, 3.63) is 35.4 Å². The molecule has 4 nitrogen and oxygen atoms in total. The van der Waals surface area contributed by atoms with Crippen LogP contribution < -0.4 is 5.32 Å². The summed E-state index contributed by atoms with van der Waals surface area (Å²) in [6, 6.07) is 2.82. The van der Waals surface area contributed by atoms with Gasteiger partial charge in [0.05, 0.1) is 5.92 Å². The summed E-state index contributed by atoms with van der Waals surface area (Å²) in [5.74, 6) is -2.39. The molecule has 0 aliphatic carbocycles.